The van der Waals surface area contributed by atoms with E-state index in [1.165, 1.54) is 24.3 Å². The lowest BCUT2D eigenvalue weighted by Gasteiger charge is -2.11. The van der Waals surface area contributed by atoms with E-state index < -0.39 is 10.0 Å². The van der Waals surface area contributed by atoms with Gasteiger partial charge in [-0.05, 0) is 44.0 Å². The van der Waals surface area contributed by atoms with Gasteiger partial charge >= 0.3 is 0 Å². The number of rotatable bonds is 6. The molecule has 1 fully saturated rings. The molecule has 6 nitrogen and oxygen atoms in total. The van der Waals surface area contributed by atoms with E-state index in [1.807, 2.05) is 6.92 Å². The van der Waals surface area contributed by atoms with Gasteiger partial charge in [-0.2, -0.15) is 0 Å². The van der Waals surface area contributed by atoms with E-state index in [0.717, 1.165) is 12.8 Å². The zero-order valence-electron chi connectivity index (χ0n) is 12.0. The third kappa shape index (κ3) is 4.26. The first kappa shape index (κ1) is 15.9. The van der Waals surface area contributed by atoms with Gasteiger partial charge in [-0.1, -0.05) is 0 Å². The molecule has 0 unspecified atom stereocenters. The Balaban J connectivity index is 2.00. The minimum atomic E-state index is -3.56. The average Bonchev–Trinajstić information content (AvgIpc) is 2.99. The predicted octanol–water partition coefficient (Wildman–Crippen LogP) is 0.894. The van der Waals surface area contributed by atoms with E-state index in [4.69, 9.17) is 4.74 Å². The second-order valence-corrected chi connectivity index (χ2v) is 6.64. The SMILES string of the molecule is CCNC(=O)c1ccc(S(=O)(=O)NC[C@H]2CCCO2)cc1. The van der Waals surface area contributed by atoms with Gasteiger partial charge in [0.15, 0.2) is 0 Å². The van der Waals surface area contributed by atoms with Crippen LogP contribution >= 0.6 is 0 Å². The van der Waals surface area contributed by atoms with E-state index in [1.54, 1.807) is 0 Å². The Morgan fingerprint density at radius 2 is 2.05 bits per heavy atom. The molecular formula is C14H20N2O4S. The molecule has 1 aliphatic rings. The second-order valence-electron chi connectivity index (χ2n) is 4.87. The van der Waals surface area contributed by atoms with Crippen LogP contribution in [0.5, 0.6) is 0 Å². The third-order valence-corrected chi connectivity index (χ3v) is 4.73. The van der Waals surface area contributed by atoms with Crippen LogP contribution in [0.1, 0.15) is 30.1 Å². The predicted molar refractivity (Wildman–Crippen MR) is 78.6 cm³/mol. The fraction of sp³-hybridized carbons (Fsp3) is 0.500. The fourth-order valence-electron chi connectivity index (χ4n) is 2.14. The molecule has 1 aromatic carbocycles. The molecule has 1 atom stereocenters. The molecule has 0 aromatic heterocycles. The summed E-state index contributed by atoms with van der Waals surface area (Å²) in [4.78, 5) is 11.8. The van der Waals surface area contributed by atoms with Crippen LogP contribution in [0.2, 0.25) is 0 Å². The molecule has 0 saturated carbocycles. The summed E-state index contributed by atoms with van der Waals surface area (Å²) in [5.41, 5.74) is 0.440. The van der Waals surface area contributed by atoms with Crippen LogP contribution < -0.4 is 10.0 Å². The number of ether oxygens (including phenoxy) is 1. The molecular weight excluding hydrogens is 292 g/mol. The lowest BCUT2D eigenvalue weighted by Crippen LogP contribution is -2.31. The van der Waals surface area contributed by atoms with Crippen LogP contribution in [0.3, 0.4) is 0 Å². The Bertz CT molecular complexity index is 577. The third-order valence-electron chi connectivity index (χ3n) is 3.29. The van der Waals surface area contributed by atoms with Crippen LogP contribution in [0, 0.1) is 0 Å². The van der Waals surface area contributed by atoms with Crippen LogP contribution in [0.25, 0.3) is 0 Å². The minimum Gasteiger partial charge on any atom is -0.377 e. The molecule has 2 N–H and O–H groups in total. The van der Waals surface area contributed by atoms with Gasteiger partial charge in [-0.25, -0.2) is 13.1 Å². The Labute approximate surface area is 124 Å². The lowest BCUT2D eigenvalue weighted by molar-refractivity contribution is 0.0955. The first-order valence-corrected chi connectivity index (χ1v) is 8.51. The van der Waals surface area contributed by atoms with Gasteiger partial charge in [-0.15, -0.1) is 0 Å². The molecule has 0 bridgehead atoms. The number of hydrogen-bond donors (Lipinski definition) is 2. The van der Waals surface area contributed by atoms with E-state index in [9.17, 15) is 13.2 Å². The van der Waals surface area contributed by atoms with Crippen LogP contribution in [-0.2, 0) is 14.8 Å². The molecule has 2 rings (SSSR count). The zero-order valence-corrected chi connectivity index (χ0v) is 12.8. The maximum atomic E-state index is 12.1. The van der Waals surface area contributed by atoms with E-state index in [0.29, 0.717) is 18.7 Å². The maximum absolute atomic E-state index is 12.1. The van der Waals surface area contributed by atoms with Gasteiger partial charge in [0, 0.05) is 25.3 Å². The monoisotopic (exact) mass is 312 g/mol. The molecule has 116 valence electrons. The first-order valence-electron chi connectivity index (χ1n) is 7.02. The van der Waals surface area contributed by atoms with Crippen LogP contribution in [-0.4, -0.2) is 40.1 Å². The summed E-state index contributed by atoms with van der Waals surface area (Å²) in [6, 6.07) is 5.88. The van der Waals surface area contributed by atoms with Crippen molar-refractivity contribution in [1.29, 1.82) is 0 Å². The summed E-state index contributed by atoms with van der Waals surface area (Å²) in [6.07, 6.45) is 1.79. The Morgan fingerprint density at radius 3 is 2.62 bits per heavy atom. The molecule has 0 spiro atoms. The van der Waals surface area contributed by atoms with Crippen molar-refractivity contribution in [3.63, 3.8) is 0 Å². The highest BCUT2D eigenvalue weighted by Gasteiger charge is 2.20. The number of carbonyl (C=O) groups excluding carboxylic acids is 1. The van der Waals surface area contributed by atoms with E-state index >= 15 is 0 Å². The van der Waals surface area contributed by atoms with Gasteiger partial charge in [-0.3, -0.25) is 4.79 Å². The summed E-state index contributed by atoms with van der Waals surface area (Å²) < 4.78 is 32.2. The van der Waals surface area contributed by atoms with Crippen molar-refractivity contribution >= 4 is 15.9 Å². The van der Waals surface area contributed by atoms with Gasteiger partial charge in [0.25, 0.3) is 5.91 Å². The number of carbonyl (C=O) groups is 1. The standard InChI is InChI=1S/C14H20N2O4S/c1-2-15-14(17)11-5-7-13(8-6-11)21(18,19)16-10-12-4-3-9-20-12/h5-8,12,16H,2-4,9-10H2,1H3,(H,15,17)/t12-/m1/s1. The topological polar surface area (TPSA) is 84.5 Å². The summed E-state index contributed by atoms with van der Waals surface area (Å²) in [5.74, 6) is -0.214. The van der Waals surface area contributed by atoms with Crippen LogP contribution in [0.15, 0.2) is 29.2 Å². The first-order chi connectivity index (χ1) is 10.0. The van der Waals surface area contributed by atoms with E-state index in [2.05, 4.69) is 10.0 Å². The normalized spacial score (nSPS) is 18.6. The van der Waals surface area contributed by atoms with Crippen LogP contribution in [0.4, 0.5) is 0 Å². The maximum Gasteiger partial charge on any atom is 0.251 e. The molecule has 0 radical (unpaired) electrons. The number of nitrogens with one attached hydrogen (secondary N) is 2. The van der Waals surface area contributed by atoms with Crippen molar-refractivity contribution in [3.8, 4) is 0 Å². The summed E-state index contributed by atoms with van der Waals surface area (Å²) in [7, 11) is -3.56. The zero-order chi connectivity index (χ0) is 15.3. The van der Waals surface area contributed by atoms with Gasteiger partial charge in [0.2, 0.25) is 10.0 Å². The highest BCUT2D eigenvalue weighted by Crippen LogP contribution is 2.14. The quantitative estimate of drug-likeness (QED) is 0.817. The van der Waals surface area contributed by atoms with Crippen molar-refractivity contribution in [2.24, 2.45) is 0 Å². The van der Waals surface area contributed by atoms with Crippen molar-refractivity contribution in [1.82, 2.24) is 10.0 Å². The largest absolute Gasteiger partial charge is 0.377 e. The average molecular weight is 312 g/mol. The van der Waals surface area contributed by atoms with E-state index in [-0.39, 0.29) is 23.5 Å². The van der Waals surface area contributed by atoms with Crippen molar-refractivity contribution in [2.45, 2.75) is 30.8 Å². The highest BCUT2D eigenvalue weighted by atomic mass is 32.2. The minimum absolute atomic E-state index is 0.0469. The van der Waals surface area contributed by atoms with Crippen molar-refractivity contribution < 1.29 is 17.9 Å². The number of amides is 1. The highest BCUT2D eigenvalue weighted by molar-refractivity contribution is 7.89. The summed E-state index contributed by atoms with van der Waals surface area (Å²) in [6.45, 7) is 3.32. The smallest absolute Gasteiger partial charge is 0.251 e. The molecule has 0 aliphatic carbocycles. The van der Waals surface area contributed by atoms with Gasteiger partial charge in [0.05, 0.1) is 11.0 Å². The summed E-state index contributed by atoms with van der Waals surface area (Å²) >= 11 is 0. The lowest BCUT2D eigenvalue weighted by atomic mass is 10.2. The molecule has 1 saturated heterocycles. The Hall–Kier alpha value is -1.44. The Kier molecular flexibility index (Phi) is 5.33. The molecule has 1 aliphatic heterocycles. The molecule has 1 aromatic rings. The number of hydrogen-bond acceptors (Lipinski definition) is 4. The number of benzene rings is 1. The Morgan fingerprint density at radius 1 is 1.33 bits per heavy atom. The van der Waals surface area contributed by atoms with Gasteiger partial charge in [0.1, 0.15) is 0 Å². The fourth-order valence-corrected chi connectivity index (χ4v) is 3.21. The summed E-state index contributed by atoms with van der Waals surface area (Å²) in [5, 5.41) is 2.66. The van der Waals surface area contributed by atoms with Crippen molar-refractivity contribution in [3.05, 3.63) is 29.8 Å². The second kappa shape index (κ2) is 7.02. The number of sulfonamides is 1. The molecule has 1 heterocycles. The molecule has 7 heteroatoms. The van der Waals surface area contributed by atoms with Crippen molar-refractivity contribution in [2.75, 3.05) is 19.7 Å². The van der Waals surface area contributed by atoms with Gasteiger partial charge < -0.3 is 10.1 Å². The molecule has 1 amide bonds. The molecule has 21 heavy (non-hydrogen) atoms.